The highest BCUT2D eigenvalue weighted by Gasteiger charge is 2.36. The molecule has 9 nitrogen and oxygen atoms in total. The van der Waals surface area contributed by atoms with Gasteiger partial charge in [0.1, 0.15) is 11.7 Å². The first kappa shape index (κ1) is 19.5. The molecule has 33 heavy (non-hydrogen) atoms. The molecule has 5 aromatic heterocycles. The molecule has 1 aliphatic heterocycles. The van der Waals surface area contributed by atoms with Gasteiger partial charge in [-0.1, -0.05) is 11.2 Å². The van der Waals surface area contributed by atoms with E-state index < -0.39 is 11.7 Å². The second-order valence-electron chi connectivity index (χ2n) is 7.57. The molecule has 0 aromatic carbocycles. The van der Waals surface area contributed by atoms with Gasteiger partial charge in [0, 0.05) is 31.1 Å². The summed E-state index contributed by atoms with van der Waals surface area (Å²) >= 11 is 0. The van der Waals surface area contributed by atoms with Gasteiger partial charge >= 0.3 is 12.2 Å². The second-order valence-corrected chi connectivity index (χ2v) is 7.57. The zero-order valence-corrected chi connectivity index (χ0v) is 16.9. The third-order valence-electron chi connectivity index (χ3n) is 5.56. The molecule has 1 aliphatic rings. The van der Waals surface area contributed by atoms with Gasteiger partial charge in [-0.05, 0) is 30.3 Å². The summed E-state index contributed by atoms with van der Waals surface area (Å²) in [6, 6.07) is 9.72. The maximum absolute atomic E-state index is 12.8. The van der Waals surface area contributed by atoms with Gasteiger partial charge in [-0.3, -0.25) is 4.98 Å². The van der Waals surface area contributed by atoms with Crippen molar-refractivity contribution in [2.45, 2.75) is 18.6 Å². The van der Waals surface area contributed by atoms with Gasteiger partial charge in [0.25, 0.3) is 5.89 Å². The molecule has 0 spiro atoms. The Morgan fingerprint density at radius 2 is 2.00 bits per heavy atom. The summed E-state index contributed by atoms with van der Waals surface area (Å²) in [5.41, 5.74) is 2.79. The van der Waals surface area contributed by atoms with Crippen molar-refractivity contribution in [3.05, 3.63) is 77.8 Å². The Balaban J connectivity index is 1.38. The molecule has 6 rings (SSSR count). The van der Waals surface area contributed by atoms with Crippen LogP contribution in [0.15, 0.2) is 59.5 Å². The van der Waals surface area contributed by atoms with Gasteiger partial charge in [-0.25, -0.2) is 9.50 Å². The van der Waals surface area contributed by atoms with Gasteiger partial charge in [0.2, 0.25) is 0 Å². The van der Waals surface area contributed by atoms with Crippen LogP contribution >= 0.6 is 0 Å². The lowest BCUT2D eigenvalue weighted by molar-refractivity contribution is -0.137. The monoisotopic (exact) mass is 452 g/mol. The molecule has 0 aliphatic carbocycles. The van der Waals surface area contributed by atoms with Crippen molar-refractivity contribution in [2.24, 2.45) is 0 Å². The average molecular weight is 452 g/mol. The Morgan fingerprint density at radius 3 is 2.79 bits per heavy atom. The summed E-state index contributed by atoms with van der Waals surface area (Å²) in [6.07, 6.45) is 0.452. The molecular weight excluding hydrogens is 437 g/mol. The Morgan fingerprint density at radius 1 is 1.09 bits per heavy atom. The minimum absolute atomic E-state index is 0.0281. The van der Waals surface area contributed by atoms with Crippen molar-refractivity contribution in [1.82, 2.24) is 34.8 Å². The van der Waals surface area contributed by atoms with Crippen molar-refractivity contribution >= 4 is 11.5 Å². The van der Waals surface area contributed by atoms with Gasteiger partial charge in [-0.2, -0.15) is 18.3 Å². The fourth-order valence-corrected chi connectivity index (χ4v) is 4.00. The van der Waals surface area contributed by atoms with Crippen LogP contribution in [0.1, 0.15) is 28.7 Å². The number of hydrogen-bond donors (Lipinski definition) is 1. The van der Waals surface area contributed by atoms with Gasteiger partial charge in [0.05, 0.1) is 28.8 Å². The number of fused-ring (bicyclic) bond motifs is 2. The molecule has 0 radical (unpaired) electrons. The van der Waals surface area contributed by atoms with E-state index >= 15 is 0 Å². The predicted molar refractivity (Wildman–Crippen MR) is 109 cm³/mol. The van der Waals surface area contributed by atoms with Crippen molar-refractivity contribution in [3.8, 4) is 11.6 Å². The molecule has 6 heterocycles. The molecule has 0 saturated carbocycles. The molecule has 1 N–H and O–H groups in total. The van der Waals surface area contributed by atoms with E-state index in [1.165, 1.54) is 6.07 Å². The third-order valence-corrected chi connectivity index (χ3v) is 5.56. The van der Waals surface area contributed by atoms with E-state index in [2.05, 4.69) is 25.1 Å². The highest BCUT2D eigenvalue weighted by Crippen LogP contribution is 2.37. The summed E-state index contributed by atoms with van der Waals surface area (Å²) < 4.78 is 46.1. The Bertz CT molecular complexity index is 1400. The van der Waals surface area contributed by atoms with E-state index in [1.807, 2.05) is 35.4 Å². The number of halogens is 3. The molecule has 0 bridgehead atoms. The maximum atomic E-state index is 12.8. The summed E-state index contributed by atoms with van der Waals surface area (Å²) in [7, 11) is 0. The van der Waals surface area contributed by atoms with Gasteiger partial charge in [-0.15, -0.1) is 5.10 Å². The van der Waals surface area contributed by atoms with Crippen LogP contribution < -0.4 is 4.90 Å². The number of anilines is 1. The number of hydrogen-bond acceptors (Lipinski definition) is 7. The van der Waals surface area contributed by atoms with Crippen LogP contribution in [0.4, 0.5) is 19.2 Å². The Kier molecular flexibility index (Phi) is 4.22. The number of pyridine rings is 2. The molecule has 0 fully saturated rings. The SMILES string of the molecule is FC(F)(F)c1ccc(-c2nnc(N3CCc4[nH]cnc4[C@@H]3c3cc4ccccn4n3)o2)nc1. The predicted octanol–water partition coefficient (Wildman–Crippen LogP) is 3.67. The lowest BCUT2D eigenvalue weighted by Gasteiger charge is -2.32. The summed E-state index contributed by atoms with van der Waals surface area (Å²) in [6.45, 7) is 0.551. The van der Waals surface area contributed by atoms with Crippen LogP contribution in [0.2, 0.25) is 0 Å². The molecule has 0 amide bonds. The fraction of sp³-hybridized carbons (Fsp3) is 0.190. The first-order valence-corrected chi connectivity index (χ1v) is 10.1. The number of aromatic nitrogens is 7. The molecule has 5 aromatic rings. The largest absolute Gasteiger partial charge is 0.417 e. The number of H-pyrrole nitrogens is 1. The van der Waals surface area contributed by atoms with E-state index in [4.69, 9.17) is 9.52 Å². The van der Waals surface area contributed by atoms with Crippen LogP contribution in [0.5, 0.6) is 0 Å². The molecule has 0 unspecified atom stereocenters. The van der Waals surface area contributed by atoms with E-state index in [-0.39, 0.29) is 23.6 Å². The molecule has 1 atom stereocenters. The third kappa shape index (κ3) is 3.30. The van der Waals surface area contributed by atoms with Crippen LogP contribution in [0.3, 0.4) is 0 Å². The average Bonchev–Trinajstić information content (AvgIpc) is 3.56. The van der Waals surface area contributed by atoms with Crippen LogP contribution in [0.25, 0.3) is 17.1 Å². The Hall–Kier alpha value is -4.22. The number of imidazole rings is 1. The zero-order valence-electron chi connectivity index (χ0n) is 16.9. The molecule has 166 valence electrons. The van der Waals surface area contributed by atoms with Crippen LogP contribution in [-0.2, 0) is 12.6 Å². The first-order chi connectivity index (χ1) is 16.0. The van der Waals surface area contributed by atoms with E-state index in [9.17, 15) is 13.2 Å². The fourth-order valence-electron chi connectivity index (χ4n) is 4.00. The van der Waals surface area contributed by atoms with Gasteiger partial charge in [0.15, 0.2) is 0 Å². The quantitative estimate of drug-likeness (QED) is 0.446. The normalized spacial score (nSPS) is 16.3. The summed E-state index contributed by atoms with van der Waals surface area (Å²) in [4.78, 5) is 13.4. The zero-order chi connectivity index (χ0) is 22.6. The van der Waals surface area contributed by atoms with E-state index in [0.29, 0.717) is 13.0 Å². The minimum atomic E-state index is -4.47. The summed E-state index contributed by atoms with van der Waals surface area (Å²) in [5.74, 6) is 0.0281. The highest BCUT2D eigenvalue weighted by atomic mass is 19.4. The lowest BCUT2D eigenvalue weighted by Crippen LogP contribution is -2.36. The first-order valence-electron chi connectivity index (χ1n) is 10.1. The van der Waals surface area contributed by atoms with Crippen molar-refractivity contribution < 1.29 is 17.6 Å². The number of nitrogens with one attached hydrogen (secondary N) is 1. The van der Waals surface area contributed by atoms with Crippen LogP contribution in [-0.4, -0.2) is 41.3 Å². The van der Waals surface area contributed by atoms with E-state index in [1.54, 1.807) is 10.8 Å². The number of alkyl halides is 3. The number of aromatic amines is 1. The maximum Gasteiger partial charge on any atom is 0.417 e. The summed E-state index contributed by atoms with van der Waals surface area (Å²) in [5, 5.41) is 12.9. The number of nitrogens with zero attached hydrogens (tertiary/aromatic N) is 7. The lowest BCUT2D eigenvalue weighted by atomic mass is 10.0. The standard InChI is InChI=1S/C21H15F3N8O/c22-21(23,24)12-4-5-15(25-10-12)19-28-29-20(33-19)31-8-6-14-17(27-11-26-14)18(31)16-9-13-3-1-2-7-32(13)30-16/h1-5,7,9-11,18H,6,8H2,(H,26,27)/t18-/m0/s1. The second kappa shape index (κ2) is 7.15. The molecule has 0 saturated heterocycles. The van der Waals surface area contributed by atoms with Crippen LogP contribution in [0, 0.1) is 0 Å². The minimum Gasteiger partial charge on any atom is -0.402 e. The van der Waals surface area contributed by atoms with Gasteiger partial charge < -0.3 is 14.3 Å². The van der Waals surface area contributed by atoms with Crippen molar-refractivity contribution in [3.63, 3.8) is 0 Å². The smallest absolute Gasteiger partial charge is 0.402 e. The topological polar surface area (TPSA) is 101 Å². The highest BCUT2D eigenvalue weighted by molar-refractivity contribution is 5.53. The Labute approximate surface area is 183 Å². The van der Waals surface area contributed by atoms with Crippen molar-refractivity contribution in [1.29, 1.82) is 0 Å². The number of rotatable bonds is 3. The van der Waals surface area contributed by atoms with Crippen molar-refractivity contribution in [2.75, 3.05) is 11.4 Å². The van der Waals surface area contributed by atoms with E-state index in [0.717, 1.165) is 34.9 Å². The molecule has 12 heteroatoms. The molecular formula is C21H15F3N8O.